The molecule has 0 radical (unpaired) electrons. The molecule has 1 aliphatic rings. The van der Waals surface area contributed by atoms with Gasteiger partial charge in [0.2, 0.25) is 5.91 Å². The molecule has 0 saturated carbocycles. The lowest BCUT2D eigenvalue weighted by Crippen LogP contribution is -2.33. The normalized spacial score (nSPS) is 15.2. The molecule has 4 rings (SSSR count). The first-order chi connectivity index (χ1) is 13.2. The Morgan fingerprint density at radius 2 is 2.07 bits per heavy atom. The average molecular weight is 365 g/mol. The molecule has 0 aromatic carbocycles. The summed E-state index contributed by atoms with van der Waals surface area (Å²) < 4.78 is 1.75. The molecule has 0 spiro atoms. The lowest BCUT2D eigenvalue weighted by atomic mass is 9.99. The van der Waals surface area contributed by atoms with Crippen molar-refractivity contribution in [1.82, 2.24) is 24.8 Å². The lowest BCUT2D eigenvalue weighted by molar-refractivity contribution is -0.116. The van der Waals surface area contributed by atoms with Crippen LogP contribution in [-0.4, -0.2) is 43.8 Å². The van der Waals surface area contributed by atoms with Gasteiger partial charge in [0.15, 0.2) is 11.5 Å². The van der Waals surface area contributed by atoms with Crippen LogP contribution in [0.25, 0.3) is 5.65 Å². The van der Waals surface area contributed by atoms with Crippen LogP contribution in [0.5, 0.6) is 0 Å². The van der Waals surface area contributed by atoms with E-state index in [1.807, 2.05) is 18.2 Å². The number of nitrogens with one attached hydrogen (secondary N) is 1. The highest BCUT2D eigenvalue weighted by molar-refractivity contribution is 5.90. The number of aryl methyl sites for hydroxylation is 1. The van der Waals surface area contributed by atoms with Crippen LogP contribution < -0.4 is 10.2 Å². The summed E-state index contributed by atoms with van der Waals surface area (Å²) in [4.78, 5) is 18.5. The predicted molar refractivity (Wildman–Crippen MR) is 103 cm³/mol. The van der Waals surface area contributed by atoms with Gasteiger partial charge in [-0.15, -0.1) is 15.3 Å². The van der Waals surface area contributed by atoms with Crippen molar-refractivity contribution in [3.8, 4) is 0 Å². The molecule has 8 nitrogen and oxygen atoms in total. The van der Waals surface area contributed by atoms with Crippen LogP contribution in [0.1, 0.15) is 32.0 Å². The SMILES string of the molecule is CC1CCN(c2ccc3nnc(CCC(=O)Nc4cccnc4)n3n2)CC1. The maximum Gasteiger partial charge on any atom is 0.224 e. The third kappa shape index (κ3) is 4.05. The minimum Gasteiger partial charge on any atom is -0.355 e. The van der Waals surface area contributed by atoms with E-state index < -0.39 is 0 Å². The van der Waals surface area contributed by atoms with Crippen LogP contribution in [0.2, 0.25) is 0 Å². The van der Waals surface area contributed by atoms with Crippen molar-refractivity contribution >= 4 is 23.1 Å². The molecule has 0 unspecified atom stereocenters. The summed E-state index contributed by atoms with van der Waals surface area (Å²) in [7, 11) is 0. The summed E-state index contributed by atoms with van der Waals surface area (Å²) in [5.41, 5.74) is 1.39. The molecule has 8 heteroatoms. The molecule has 1 saturated heterocycles. The second kappa shape index (κ2) is 7.69. The van der Waals surface area contributed by atoms with Crippen molar-refractivity contribution in [3.05, 3.63) is 42.5 Å². The van der Waals surface area contributed by atoms with Crippen LogP contribution in [0.4, 0.5) is 11.5 Å². The second-order valence-electron chi connectivity index (χ2n) is 7.04. The van der Waals surface area contributed by atoms with E-state index in [0.29, 0.717) is 30.0 Å². The molecule has 27 heavy (non-hydrogen) atoms. The minimum absolute atomic E-state index is 0.0825. The highest BCUT2D eigenvalue weighted by Gasteiger charge is 2.18. The fourth-order valence-corrected chi connectivity index (χ4v) is 3.27. The first kappa shape index (κ1) is 17.4. The predicted octanol–water partition coefficient (Wildman–Crippen LogP) is 2.33. The van der Waals surface area contributed by atoms with Crippen molar-refractivity contribution in [1.29, 1.82) is 0 Å². The zero-order chi connectivity index (χ0) is 18.6. The molecule has 4 heterocycles. The van der Waals surface area contributed by atoms with Gasteiger partial charge in [-0.1, -0.05) is 6.92 Å². The number of aromatic nitrogens is 5. The molecule has 0 atom stereocenters. The number of hydrogen-bond acceptors (Lipinski definition) is 6. The van der Waals surface area contributed by atoms with E-state index in [-0.39, 0.29) is 5.91 Å². The van der Waals surface area contributed by atoms with Gasteiger partial charge >= 0.3 is 0 Å². The Bertz CT molecular complexity index is 916. The van der Waals surface area contributed by atoms with Crippen molar-refractivity contribution < 1.29 is 4.79 Å². The first-order valence-electron chi connectivity index (χ1n) is 9.35. The standard InChI is InChI=1S/C19H23N7O/c1-14-8-11-25(12-9-14)18-5-4-16-22-23-17(26(16)24-18)6-7-19(27)21-15-3-2-10-20-13-15/h2-5,10,13-14H,6-9,11-12H2,1H3,(H,21,27). The zero-order valence-electron chi connectivity index (χ0n) is 15.4. The summed E-state index contributed by atoms with van der Waals surface area (Å²) in [5.74, 6) is 2.32. The maximum atomic E-state index is 12.2. The Morgan fingerprint density at radius 1 is 1.22 bits per heavy atom. The molecular formula is C19H23N7O. The molecule has 0 aliphatic carbocycles. The lowest BCUT2D eigenvalue weighted by Gasteiger charge is -2.30. The third-order valence-corrected chi connectivity index (χ3v) is 4.94. The third-order valence-electron chi connectivity index (χ3n) is 4.94. The quantitative estimate of drug-likeness (QED) is 0.746. The second-order valence-corrected chi connectivity index (χ2v) is 7.04. The van der Waals surface area contributed by atoms with Gasteiger partial charge in [0.25, 0.3) is 0 Å². The molecule has 1 N–H and O–H groups in total. The Labute approximate surface area is 157 Å². The van der Waals surface area contributed by atoms with Crippen molar-refractivity contribution in [2.75, 3.05) is 23.3 Å². The van der Waals surface area contributed by atoms with Gasteiger partial charge in [-0.2, -0.15) is 4.52 Å². The van der Waals surface area contributed by atoms with Crippen LogP contribution in [0.15, 0.2) is 36.7 Å². The van der Waals surface area contributed by atoms with E-state index in [1.165, 1.54) is 12.8 Å². The number of carbonyl (C=O) groups is 1. The summed E-state index contributed by atoms with van der Waals surface area (Å²) in [6.45, 7) is 4.33. The van der Waals surface area contributed by atoms with Crippen LogP contribution >= 0.6 is 0 Å². The van der Waals surface area contributed by atoms with Gasteiger partial charge in [-0.05, 0) is 43.0 Å². The Morgan fingerprint density at radius 3 is 2.85 bits per heavy atom. The number of fused-ring (bicyclic) bond motifs is 1. The molecule has 140 valence electrons. The van der Waals surface area contributed by atoms with E-state index >= 15 is 0 Å². The van der Waals surface area contributed by atoms with E-state index in [1.54, 1.807) is 23.0 Å². The summed E-state index contributed by atoms with van der Waals surface area (Å²) in [6, 6.07) is 7.53. The van der Waals surface area contributed by atoms with Gasteiger partial charge < -0.3 is 10.2 Å². The first-order valence-corrected chi connectivity index (χ1v) is 9.35. The highest BCUT2D eigenvalue weighted by atomic mass is 16.1. The number of piperidine rings is 1. The van der Waals surface area contributed by atoms with Crippen LogP contribution in [0.3, 0.4) is 0 Å². The summed E-state index contributed by atoms with van der Waals surface area (Å²) >= 11 is 0. The van der Waals surface area contributed by atoms with Gasteiger partial charge in [0, 0.05) is 32.1 Å². The van der Waals surface area contributed by atoms with Gasteiger partial charge in [-0.25, -0.2) is 0 Å². The monoisotopic (exact) mass is 365 g/mol. The smallest absolute Gasteiger partial charge is 0.224 e. The average Bonchev–Trinajstić information content (AvgIpc) is 3.10. The largest absolute Gasteiger partial charge is 0.355 e. The fourth-order valence-electron chi connectivity index (χ4n) is 3.27. The number of amides is 1. The van der Waals surface area contributed by atoms with Crippen molar-refractivity contribution in [2.24, 2.45) is 5.92 Å². The minimum atomic E-state index is -0.0825. The van der Waals surface area contributed by atoms with E-state index in [4.69, 9.17) is 5.10 Å². The number of pyridine rings is 1. The molecule has 3 aromatic rings. The molecule has 1 amide bonds. The Kier molecular flexibility index (Phi) is 4.95. The molecule has 3 aromatic heterocycles. The topological polar surface area (TPSA) is 88.3 Å². The molecular weight excluding hydrogens is 342 g/mol. The Hall–Kier alpha value is -3.03. The summed E-state index contributed by atoms with van der Waals surface area (Å²) in [6.07, 6.45) is 6.44. The maximum absolute atomic E-state index is 12.2. The van der Waals surface area contributed by atoms with Gasteiger partial charge in [0.1, 0.15) is 5.82 Å². The van der Waals surface area contributed by atoms with Crippen LogP contribution in [-0.2, 0) is 11.2 Å². The van der Waals surface area contributed by atoms with Crippen LogP contribution in [0, 0.1) is 5.92 Å². The highest BCUT2D eigenvalue weighted by Crippen LogP contribution is 2.21. The fraction of sp³-hybridized carbons (Fsp3) is 0.421. The number of carbonyl (C=O) groups excluding carboxylic acids is 1. The summed E-state index contributed by atoms with van der Waals surface area (Å²) in [5, 5.41) is 15.9. The van der Waals surface area contributed by atoms with E-state index in [0.717, 1.165) is 24.8 Å². The zero-order valence-corrected chi connectivity index (χ0v) is 15.4. The number of anilines is 2. The molecule has 1 aliphatic heterocycles. The molecule has 0 bridgehead atoms. The van der Waals surface area contributed by atoms with E-state index in [9.17, 15) is 4.79 Å². The van der Waals surface area contributed by atoms with E-state index in [2.05, 4.69) is 32.3 Å². The van der Waals surface area contributed by atoms with Gasteiger partial charge in [-0.3, -0.25) is 9.78 Å². The van der Waals surface area contributed by atoms with Crippen molar-refractivity contribution in [3.63, 3.8) is 0 Å². The Balaban J connectivity index is 1.44. The number of nitrogens with zero attached hydrogens (tertiary/aromatic N) is 6. The van der Waals surface area contributed by atoms with Gasteiger partial charge in [0.05, 0.1) is 11.9 Å². The number of hydrogen-bond donors (Lipinski definition) is 1. The van der Waals surface area contributed by atoms with Crippen molar-refractivity contribution in [2.45, 2.75) is 32.6 Å². The molecule has 1 fully saturated rings. The number of rotatable bonds is 5.